The third-order valence-corrected chi connectivity index (χ3v) is 9.48. The third kappa shape index (κ3) is 4.96. The summed E-state index contributed by atoms with van der Waals surface area (Å²) in [6.45, 7) is 2.40. The third-order valence-electron chi connectivity index (χ3n) is 8.66. The molecule has 2 amide bonds. The molecule has 200 valence electrons. The van der Waals surface area contributed by atoms with Gasteiger partial charge in [-0.3, -0.25) is 14.5 Å². The van der Waals surface area contributed by atoms with Crippen molar-refractivity contribution in [2.24, 2.45) is 17.8 Å². The van der Waals surface area contributed by atoms with Crippen LogP contribution in [0.5, 0.6) is 11.5 Å². The molecule has 2 heterocycles. The summed E-state index contributed by atoms with van der Waals surface area (Å²) in [4.78, 5) is 28.6. The maximum Gasteiger partial charge on any atom is 0.234 e. The smallest absolute Gasteiger partial charge is 0.234 e. The van der Waals surface area contributed by atoms with Crippen molar-refractivity contribution in [3.8, 4) is 11.5 Å². The summed E-state index contributed by atoms with van der Waals surface area (Å²) >= 11 is 2.09. The van der Waals surface area contributed by atoms with E-state index in [9.17, 15) is 19.8 Å². The summed E-state index contributed by atoms with van der Waals surface area (Å²) in [6, 6.07) is 3.77. The normalized spacial score (nSPS) is 28.6. The van der Waals surface area contributed by atoms with Gasteiger partial charge in [0.2, 0.25) is 11.8 Å². The molecule has 4 atom stereocenters. The van der Waals surface area contributed by atoms with Gasteiger partial charge in [-0.2, -0.15) is 0 Å². The Balaban J connectivity index is 1.31. The fraction of sp³-hybridized carbons (Fsp3) is 0.586. The number of aliphatic hydroxyl groups is 1. The number of phenols is 1. The molecule has 0 unspecified atom stereocenters. The molecule has 3 fully saturated rings. The molecule has 0 aromatic heterocycles. The van der Waals surface area contributed by atoms with Crippen LogP contribution in [-0.4, -0.2) is 59.4 Å². The molecular formula is C29H36INO6. The fourth-order valence-corrected chi connectivity index (χ4v) is 7.52. The van der Waals surface area contributed by atoms with Crippen molar-refractivity contribution < 1.29 is 29.3 Å². The average Bonchev–Trinajstić information content (AvgIpc) is 3.43. The molecular weight excluding hydrogens is 585 g/mol. The van der Waals surface area contributed by atoms with Gasteiger partial charge in [-0.1, -0.05) is 30.9 Å². The number of methoxy groups -OCH3 is 1. The predicted octanol–water partition coefficient (Wildman–Crippen LogP) is 4.83. The Morgan fingerprint density at radius 2 is 1.95 bits per heavy atom. The molecule has 0 spiro atoms. The number of benzene rings is 1. The second kappa shape index (κ2) is 11.1. The van der Waals surface area contributed by atoms with Crippen LogP contribution in [0.4, 0.5) is 0 Å². The molecule has 2 N–H and O–H groups in total. The number of amides is 2. The summed E-state index contributed by atoms with van der Waals surface area (Å²) in [7, 11) is 1.54. The van der Waals surface area contributed by atoms with Crippen LogP contribution in [0.3, 0.4) is 0 Å². The van der Waals surface area contributed by atoms with E-state index in [1.54, 1.807) is 4.90 Å². The van der Waals surface area contributed by atoms with Gasteiger partial charge in [-0.25, -0.2) is 0 Å². The van der Waals surface area contributed by atoms with E-state index < -0.39 is 0 Å². The summed E-state index contributed by atoms with van der Waals surface area (Å²) in [5, 5.41) is 20.4. The molecule has 1 saturated carbocycles. The van der Waals surface area contributed by atoms with E-state index in [0.717, 1.165) is 64.4 Å². The molecule has 0 bridgehead atoms. The zero-order chi connectivity index (χ0) is 26.3. The standard InChI is InChI=1S/C29H36INO6/c1-16(10-17-11-22(30)27(33)24(12-17)36-2)8-9-23-25-18(14-32)13-20-26(21(25)15-37-23)29(35)31(28(20)34)19-6-4-3-5-7-19/h10-12,19-21,23,26,32-33H,3-9,13-15H2,1-2H3/b16-10+/t20-,21+,23-,26-/m1/s1. The zero-order valence-electron chi connectivity index (χ0n) is 21.5. The van der Waals surface area contributed by atoms with Crippen molar-refractivity contribution in [3.63, 3.8) is 0 Å². The molecule has 5 rings (SSSR count). The van der Waals surface area contributed by atoms with Gasteiger partial charge in [-0.15, -0.1) is 0 Å². The van der Waals surface area contributed by atoms with Crippen molar-refractivity contribution in [2.45, 2.75) is 70.4 Å². The van der Waals surface area contributed by atoms with Crippen molar-refractivity contribution in [1.29, 1.82) is 0 Å². The van der Waals surface area contributed by atoms with Gasteiger partial charge < -0.3 is 19.7 Å². The lowest BCUT2D eigenvalue weighted by atomic mass is 9.69. The number of ether oxygens (including phenoxy) is 2. The number of rotatable bonds is 7. The number of aliphatic hydroxyl groups excluding tert-OH is 1. The first-order chi connectivity index (χ1) is 17.8. The Labute approximate surface area is 232 Å². The Kier molecular flexibility index (Phi) is 7.98. The SMILES string of the molecule is COc1cc(/C=C(\C)CC[C@H]2OC[C@H]3C2=C(CO)C[C@H]2C(=O)N(C4CCCCC4)C(=O)[C@H]23)cc(I)c1O. The molecule has 2 aliphatic heterocycles. The van der Waals surface area contributed by atoms with E-state index >= 15 is 0 Å². The summed E-state index contributed by atoms with van der Waals surface area (Å²) < 4.78 is 12.3. The average molecular weight is 622 g/mol. The number of hydrogen-bond donors (Lipinski definition) is 2. The van der Waals surface area contributed by atoms with Gasteiger partial charge in [0.1, 0.15) is 0 Å². The predicted molar refractivity (Wildman–Crippen MR) is 148 cm³/mol. The highest BCUT2D eigenvalue weighted by atomic mass is 127. The van der Waals surface area contributed by atoms with Crippen LogP contribution in [0, 0.1) is 21.3 Å². The maximum absolute atomic E-state index is 13.6. The number of hydrogen-bond acceptors (Lipinski definition) is 6. The van der Waals surface area contributed by atoms with Crippen molar-refractivity contribution in [3.05, 3.63) is 38.0 Å². The van der Waals surface area contributed by atoms with E-state index in [-0.39, 0.29) is 54.1 Å². The van der Waals surface area contributed by atoms with Crippen LogP contribution in [0.2, 0.25) is 0 Å². The number of aromatic hydroxyl groups is 1. The number of carbonyl (C=O) groups excluding carboxylic acids is 2. The minimum Gasteiger partial charge on any atom is -0.504 e. The van der Waals surface area contributed by atoms with Gasteiger partial charge in [0, 0.05) is 12.0 Å². The molecule has 2 saturated heterocycles. The van der Waals surface area contributed by atoms with E-state index in [1.165, 1.54) is 13.5 Å². The van der Waals surface area contributed by atoms with E-state index in [1.807, 2.05) is 12.1 Å². The highest BCUT2D eigenvalue weighted by Crippen LogP contribution is 2.50. The van der Waals surface area contributed by atoms with E-state index in [2.05, 4.69) is 35.6 Å². The van der Waals surface area contributed by atoms with Crippen LogP contribution in [-0.2, 0) is 14.3 Å². The Morgan fingerprint density at radius 3 is 2.65 bits per heavy atom. The van der Waals surface area contributed by atoms with Crippen LogP contribution in [0.1, 0.15) is 63.9 Å². The number of allylic oxidation sites excluding steroid dienone is 1. The number of phenolic OH excluding ortho intramolecular Hbond substituents is 1. The van der Waals surface area contributed by atoms with E-state index in [0.29, 0.717) is 18.8 Å². The summed E-state index contributed by atoms with van der Waals surface area (Å²) in [6.07, 6.45) is 9.04. The molecule has 4 aliphatic rings. The second-order valence-corrected chi connectivity index (χ2v) is 12.1. The van der Waals surface area contributed by atoms with Crippen LogP contribution >= 0.6 is 22.6 Å². The minimum atomic E-state index is -0.360. The maximum atomic E-state index is 13.6. The number of imide groups is 1. The highest BCUT2D eigenvalue weighted by molar-refractivity contribution is 14.1. The van der Waals surface area contributed by atoms with Crippen LogP contribution in [0.25, 0.3) is 6.08 Å². The molecule has 2 aliphatic carbocycles. The molecule has 8 heteroatoms. The molecule has 1 aromatic rings. The number of fused-ring (bicyclic) bond motifs is 3. The number of carbonyl (C=O) groups is 2. The quantitative estimate of drug-likeness (QED) is 0.257. The largest absolute Gasteiger partial charge is 0.504 e. The first kappa shape index (κ1) is 26.7. The topological polar surface area (TPSA) is 96.3 Å². The first-order valence-electron chi connectivity index (χ1n) is 13.4. The number of likely N-dealkylation sites (tertiary alicyclic amines) is 1. The Bertz CT molecular complexity index is 1140. The summed E-state index contributed by atoms with van der Waals surface area (Å²) in [5.74, 6) is -0.298. The minimum absolute atomic E-state index is 0.0161. The van der Waals surface area contributed by atoms with Gasteiger partial charge in [0.25, 0.3) is 0 Å². The van der Waals surface area contributed by atoms with Gasteiger partial charge >= 0.3 is 0 Å². The monoisotopic (exact) mass is 621 g/mol. The number of halogens is 1. The van der Waals surface area contributed by atoms with Crippen molar-refractivity contribution >= 4 is 40.5 Å². The number of nitrogens with zero attached hydrogens (tertiary/aromatic N) is 1. The fourth-order valence-electron chi connectivity index (χ4n) is 6.89. The Hall–Kier alpha value is -1.91. The molecule has 1 aromatic carbocycles. The molecule has 0 radical (unpaired) electrons. The van der Waals surface area contributed by atoms with Crippen molar-refractivity contribution in [2.75, 3.05) is 20.3 Å². The van der Waals surface area contributed by atoms with Gasteiger partial charge in [0.15, 0.2) is 11.5 Å². The first-order valence-corrected chi connectivity index (χ1v) is 14.5. The van der Waals surface area contributed by atoms with Gasteiger partial charge in [0.05, 0.1) is 41.8 Å². The van der Waals surface area contributed by atoms with Crippen LogP contribution in [0.15, 0.2) is 28.9 Å². The van der Waals surface area contributed by atoms with E-state index in [4.69, 9.17) is 9.47 Å². The van der Waals surface area contributed by atoms with Crippen LogP contribution < -0.4 is 4.74 Å². The molecule has 37 heavy (non-hydrogen) atoms. The summed E-state index contributed by atoms with van der Waals surface area (Å²) in [5.41, 5.74) is 4.06. The van der Waals surface area contributed by atoms with Gasteiger partial charge in [-0.05, 0) is 90.5 Å². The second-order valence-electron chi connectivity index (χ2n) is 10.9. The Morgan fingerprint density at radius 1 is 1.19 bits per heavy atom. The lowest BCUT2D eigenvalue weighted by molar-refractivity contribution is -0.143. The lowest BCUT2D eigenvalue weighted by Crippen LogP contribution is -2.42. The lowest BCUT2D eigenvalue weighted by Gasteiger charge is -2.31. The van der Waals surface area contributed by atoms with Crippen molar-refractivity contribution in [1.82, 2.24) is 4.90 Å². The molecule has 7 nitrogen and oxygen atoms in total. The zero-order valence-corrected chi connectivity index (χ0v) is 23.7. The highest BCUT2D eigenvalue weighted by Gasteiger charge is 2.58.